The minimum absolute atomic E-state index is 0.294. The number of allylic oxidation sites excluding steroid dienone is 1. The second-order valence-corrected chi connectivity index (χ2v) is 10.5. The smallest absolute Gasteiger partial charge is 0.155 e. The van der Waals surface area contributed by atoms with Crippen molar-refractivity contribution in [1.82, 2.24) is 0 Å². The molecule has 0 amide bonds. The monoisotopic (exact) mass is 335 g/mol. The molecule has 0 N–H and O–H groups in total. The van der Waals surface area contributed by atoms with Gasteiger partial charge in [0.05, 0.1) is 12.0 Å². The molecule has 0 aliphatic heterocycles. The summed E-state index contributed by atoms with van der Waals surface area (Å²) >= 11 is 0. The minimum Gasteiger partial charge on any atom is -0.295 e. The molecule has 0 aromatic heterocycles. The van der Waals surface area contributed by atoms with Crippen molar-refractivity contribution in [3.8, 4) is 6.07 Å². The Hall–Kier alpha value is -1.10. The Kier molecular flexibility index (Phi) is 2.87. The van der Waals surface area contributed by atoms with Crippen molar-refractivity contribution >= 4 is 5.78 Å². The van der Waals surface area contributed by atoms with E-state index in [9.17, 15) is 10.1 Å². The molecule has 0 bridgehead atoms. The van der Waals surface area contributed by atoms with Crippen LogP contribution in [-0.4, -0.2) is 5.78 Å². The summed E-state index contributed by atoms with van der Waals surface area (Å²) in [4.78, 5) is 12.0. The summed E-state index contributed by atoms with van der Waals surface area (Å²) in [6, 6.07) is 2.76. The van der Waals surface area contributed by atoms with Crippen molar-refractivity contribution in [2.75, 3.05) is 0 Å². The maximum absolute atomic E-state index is 12.0. The fraction of sp³-hybridized carbons (Fsp3) is 0.826. The van der Waals surface area contributed by atoms with E-state index in [0.717, 1.165) is 54.3 Å². The number of rotatable bonds is 1. The zero-order valence-electron chi connectivity index (χ0n) is 15.3. The van der Waals surface area contributed by atoms with Gasteiger partial charge in [-0.05, 0) is 104 Å². The summed E-state index contributed by atoms with van der Waals surface area (Å²) in [7, 11) is 0. The molecule has 6 rings (SSSR count). The molecule has 25 heavy (non-hydrogen) atoms. The Morgan fingerprint density at radius 1 is 1.12 bits per heavy atom. The van der Waals surface area contributed by atoms with Gasteiger partial charge in [0.2, 0.25) is 0 Å². The average Bonchev–Trinajstić information content (AvgIpc) is 3.50. The Morgan fingerprint density at radius 2 is 1.96 bits per heavy atom. The molecule has 6 aliphatic rings. The van der Waals surface area contributed by atoms with Gasteiger partial charge < -0.3 is 0 Å². The van der Waals surface area contributed by atoms with Crippen molar-refractivity contribution in [1.29, 1.82) is 5.26 Å². The van der Waals surface area contributed by atoms with Crippen LogP contribution in [0.2, 0.25) is 0 Å². The number of hydrogen-bond acceptors (Lipinski definition) is 2. The normalized spacial score (nSPS) is 56.0. The van der Waals surface area contributed by atoms with Gasteiger partial charge >= 0.3 is 0 Å². The van der Waals surface area contributed by atoms with Gasteiger partial charge in [-0.2, -0.15) is 5.26 Å². The van der Waals surface area contributed by atoms with Gasteiger partial charge in [0.25, 0.3) is 0 Å². The van der Waals surface area contributed by atoms with Crippen molar-refractivity contribution < 1.29 is 4.79 Å². The van der Waals surface area contributed by atoms with Crippen LogP contribution < -0.4 is 0 Å². The first-order valence-corrected chi connectivity index (χ1v) is 10.7. The third-order valence-corrected chi connectivity index (χ3v) is 9.55. The van der Waals surface area contributed by atoms with Crippen LogP contribution in [0, 0.1) is 70.0 Å². The highest BCUT2D eigenvalue weighted by atomic mass is 16.1. The van der Waals surface area contributed by atoms with Crippen molar-refractivity contribution in [3.05, 3.63) is 11.6 Å². The highest BCUT2D eigenvalue weighted by Crippen LogP contribution is 2.75. The van der Waals surface area contributed by atoms with E-state index in [1.807, 2.05) is 0 Å². The van der Waals surface area contributed by atoms with E-state index in [2.05, 4.69) is 19.1 Å². The van der Waals surface area contributed by atoms with E-state index in [0.29, 0.717) is 23.0 Å². The molecule has 0 radical (unpaired) electrons. The van der Waals surface area contributed by atoms with Gasteiger partial charge in [-0.1, -0.05) is 12.5 Å². The van der Waals surface area contributed by atoms with E-state index < -0.39 is 0 Å². The van der Waals surface area contributed by atoms with E-state index in [1.165, 1.54) is 44.1 Å². The Balaban J connectivity index is 1.43. The molecule has 6 aliphatic carbocycles. The summed E-state index contributed by atoms with van der Waals surface area (Å²) < 4.78 is 0. The Morgan fingerprint density at radius 3 is 2.72 bits per heavy atom. The largest absolute Gasteiger partial charge is 0.295 e. The predicted octanol–water partition coefficient (Wildman–Crippen LogP) is 4.76. The molecule has 2 heteroatoms. The first-order valence-electron chi connectivity index (χ1n) is 10.7. The molecule has 0 aromatic carbocycles. The van der Waals surface area contributed by atoms with Gasteiger partial charge in [-0.25, -0.2) is 0 Å². The van der Waals surface area contributed by atoms with Gasteiger partial charge in [0.1, 0.15) is 0 Å². The fourth-order valence-electron chi connectivity index (χ4n) is 8.48. The maximum atomic E-state index is 12.0. The van der Waals surface area contributed by atoms with Crippen LogP contribution in [0.5, 0.6) is 0 Å². The highest BCUT2D eigenvalue weighted by Gasteiger charge is 2.71. The molecular weight excluding hydrogens is 306 g/mol. The van der Waals surface area contributed by atoms with Crippen LogP contribution in [0.25, 0.3) is 0 Å². The lowest BCUT2D eigenvalue weighted by Crippen LogP contribution is -2.51. The molecule has 0 saturated heterocycles. The summed E-state index contributed by atoms with van der Waals surface area (Å²) in [5, 5.41) is 9.87. The molecule has 2 nitrogen and oxygen atoms in total. The average molecular weight is 335 g/mol. The predicted molar refractivity (Wildman–Crippen MR) is 95.2 cm³/mol. The number of ketones is 1. The summed E-state index contributed by atoms with van der Waals surface area (Å²) in [6.07, 6.45) is 11.9. The van der Waals surface area contributed by atoms with Crippen LogP contribution in [-0.2, 0) is 4.79 Å². The van der Waals surface area contributed by atoms with E-state index in [4.69, 9.17) is 0 Å². The topological polar surface area (TPSA) is 40.9 Å². The number of carbonyl (C=O) groups is 1. The molecule has 5 saturated carbocycles. The van der Waals surface area contributed by atoms with E-state index >= 15 is 0 Å². The minimum atomic E-state index is 0.294. The number of carbonyl (C=O) groups excluding carboxylic acids is 1. The zero-order chi connectivity index (χ0) is 16.9. The zero-order valence-corrected chi connectivity index (χ0v) is 15.3. The van der Waals surface area contributed by atoms with Crippen LogP contribution in [0.1, 0.15) is 58.3 Å². The van der Waals surface area contributed by atoms with Crippen LogP contribution in [0.4, 0.5) is 0 Å². The Bertz CT molecular complexity index is 712. The summed E-state index contributed by atoms with van der Waals surface area (Å²) in [6.45, 7) is 2.48. The summed E-state index contributed by atoms with van der Waals surface area (Å²) in [5.74, 6) is 7.22. The van der Waals surface area contributed by atoms with Crippen molar-refractivity contribution in [2.24, 2.45) is 58.7 Å². The molecule has 132 valence electrons. The first-order chi connectivity index (χ1) is 12.1. The molecule has 9 atom stereocenters. The van der Waals surface area contributed by atoms with Crippen molar-refractivity contribution in [2.45, 2.75) is 58.3 Å². The van der Waals surface area contributed by atoms with E-state index in [1.54, 1.807) is 0 Å². The van der Waals surface area contributed by atoms with Crippen LogP contribution in [0.15, 0.2) is 11.6 Å². The lowest BCUT2D eigenvalue weighted by molar-refractivity contribution is -0.116. The lowest BCUT2D eigenvalue weighted by Gasteiger charge is -2.57. The first kappa shape index (κ1) is 15.0. The van der Waals surface area contributed by atoms with Gasteiger partial charge in [0, 0.05) is 6.42 Å². The van der Waals surface area contributed by atoms with Crippen molar-refractivity contribution in [3.63, 3.8) is 0 Å². The second kappa shape index (κ2) is 4.79. The SMILES string of the molecule is C[C@]12CC[C@H]3[C@H]([C@@H]1[C@@H]1C[C@@H]1[C@@H]2C#N)[C@H](C1CC1)CC1=CC(=O)CC[C@@H]13. The standard InChI is InChI=1S/C23H29NO/c1-23-7-6-16-15-5-4-14(25)8-13(15)9-17(12-2-3-12)21(16)22(23)19-10-18(19)20(23)11-24/h8,12,15-22H,2-7,9-10H2,1H3/t15-,16+,17-,18-,19+,20-,21-,22-,23+/m0/s1. The van der Waals surface area contributed by atoms with Gasteiger partial charge in [0.15, 0.2) is 5.78 Å². The van der Waals surface area contributed by atoms with E-state index in [-0.39, 0.29) is 0 Å². The molecule has 0 aromatic rings. The second-order valence-electron chi connectivity index (χ2n) is 10.5. The molecule has 0 spiro atoms. The number of nitriles is 1. The lowest BCUT2D eigenvalue weighted by atomic mass is 9.47. The molecule has 5 fully saturated rings. The van der Waals surface area contributed by atoms with Crippen LogP contribution in [0.3, 0.4) is 0 Å². The molecule has 0 heterocycles. The van der Waals surface area contributed by atoms with Gasteiger partial charge in [-0.3, -0.25) is 4.79 Å². The number of fused-ring (bicyclic) bond motifs is 7. The van der Waals surface area contributed by atoms with Gasteiger partial charge in [-0.15, -0.1) is 0 Å². The van der Waals surface area contributed by atoms with Crippen LogP contribution >= 0.6 is 0 Å². The Labute approximate surface area is 151 Å². The maximum Gasteiger partial charge on any atom is 0.155 e. The number of nitrogens with zero attached hydrogens (tertiary/aromatic N) is 1. The quantitative estimate of drug-likeness (QED) is 0.693. The molecule has 0 unspecified atom stereocenters. The third kappa shape index (κ3) is 1.88. The molecular formula is C23H29NO. The highest BCUT2D eigenvalue weighted by molar-refractivity contribution is 5.91. The fourth-order valence-corrected chi connectivity index (χ4v) is 8.48. The third-order valence-electron chi connectivity index (χ3n) is 9.55. The summed E-state index contributed by atoms with van der Waals surface area (Å²) in [5.41, 5.74) is 1.82. The number of hydrogen-bond donors (Lipinski definition) is 0.